The van der Waals surface area contributed by atoms with Crippen molar-refractivity contribution in [3.63, 3.8) is 0 Å². The second-order valence-corrected chi connectivity index (χ2v) is 9.55. The topological polar surface area (TPSA) is 57.7 Å². The summed E-state index contributed by atoms with van der Waals surface area (Å²) in [7, 11) is -3.09. The number of hydrogen-bond donors (Lipinski definition) is 0. The lowest BCUT2D eigenvalue weighted by Crippen LogP contribution is -2.53. The number of carbonyl (C=O) groups is 1. The minimum absolute atomic E-state index is 0.0275. The highest BCUT2D eigenvalue weighted by Gasteiger charge is 2.39. The van der Waals surface area contributed by atoms with Gasteiger partial charge in [0.25, 0.3) is 0 Å². The number of thioether (sulfide) groups is 1. The first-order chi connectivity index (χ1) is 9.78. The molecule has 2 aliphatic heterocycles. The summed E-state index contributed by atoms with van der Waals surface area (Å²) in [6.45, 7) is 5.87. The smallest absolute Gasteiger partial charge is 0.229 e. The molecule has 0 unspecified atom stereocenters. The Morgan fingerprint density at radius 3 is 2.57 bits per heavy atom. The van der Waals surface area contributed by atoms with Crippen molar-refractivity contribution < 1.29 is 13.2 Å². The van der Waals surface area contributed by atoms with Crippen molar-refractivity contribution in [3.8, 4) is 0 Å². The van der Waals surface area contributed by atoms with Crippen LogP contribution in [0.15, 0.2) is 0 Å². The minimum Gasteiger partial charge on any atom is -0.341 e. The van der Waals surface area contributed by atoms with Crippen LogP contribution in [0, 0.1) is 5.41 Å². The van der Waals surface area contributed by atoms with Crippen molar-refractivity contribution in [2.45, 2.75) is 39.2 Å². The predicted octanol–water partition coefficient (Wildman–Crippen LogP) is 1.40. The highest BCUT2D eigenvalue weighted by molar-refractivity contribution is 7.98. The van der Waals surface area contributed by atoms with Gasteiger partial charge in [-0.15, -0.1) is 0 Å². The van der Waals surface area contributed by atoms with Crippen LogP contribution < -0.4 is 0 Å². The molecule has 0 saturated carbocycles. The number of amides is 1. The van der Waals surface area contributed by atoms with E-state index in [2.05, 4.69) is 0 Å². The Balaban J connectivity index is 2.06. The lowest BCUT2D eigenvalue weighted by atomic mass is 9.92. The molecule has 7 heteroatoms. The van der Waals surface area contributed by atoms with Crippen LogP contribution >= 0.6 is 11.8 Å². The largest absolute Gasteiger partial charge is 0.341 e. The van der Waals surface area contributed by atoms with E-state index in [0.717, 1.165) is 25.1 Å². The van der Waals surface area contributed by atoms with Gasteiger partial charge in [0.15, 0.2) is 0 Å². The average Bonchev–Trinajstić information content (AvgIpc) is 2.77. The van der Waals surface area contributed by atoms with Crippen LogP contribution in [-0.4, -0.2) is 67.0 Å². The number of rotatable bonds is 4. The minimum atomic E-state index is -3.09. The van der Waals surface area contributed by atoms with Crippen LogP contribution in [0.4, 0.5) is 0 Å². The molecule has 1 atom stereocenters. The van der Waals surface area contributed by atoms with Crippen molar-refractivity contribution in [1.29, 1.82) is 0 Å². The zero-order valence-electron chi connectivity index (χ0n) is 13.2. The summed E-state index contributed by atoms with van der Waals surface area (Å²) in [6.07, 6.45) is 4.47. The normalized spacial score (nSPS) is 27.0. The van der Waals surface area contributed by atoms with E-state index in [1.54, 1.807) is 16.1 Å². The summed E-state index contributed by atoms with van der Waals surface area (Å²) in [6, 6.07) is -0.0275. The summed E-state index contributed by atoms with van der Waals surface area (Å²) in [4.78, 5) is 14.5. The molecule has 0 aliphatic carbocycles. The molecule has 5 nitrogen and oxygen atoms in total. The molecular weight excluding hydrogens is 308 g/mol. The maximum Gasteiger partial charge on any atom is 0.229 e. The van der Waals surface area contributed by atoms with Gasteiger partial charge in [0, 0.05) is 31.4 Å². The van der Waals surface area contributed by atoms with Gasteiger partial charge in [-0.2, -0.15) is 16.1 Å². The van der Waals surface area contributed by atoms with E-state index < -0.39 is 10.0 Å². The van der Waals surface area contributed by atoms with Gasteiger partial charge < -0.3 is 4.90 Å². The average molecular weight is 335 g/mol. The summed E-state index contributed by atoms with van der Waals surface area (Å²) in [5, 5.41) is 0. The number of sulfonamides is 1. The lowest BCUT2D eigenvalue weighted by Gasteiger charge is -2.40. The Hall–Kier alpha value is -0.270. The highest BCUT2D eigenvalue weighted by atomic mass is 32.2. The highest BCUT2D eigenvalue weighted by Crippen LogP contribution is 2.28. The van der Waals surface area contributed by atoms with Crippen LogP contribution in [0.1, 0.15) is 33.1 Å². The SMILES string of the molecule is CSCC(C)(C)C(=O)N1CCC[C@@H](N2CCCS2(=O)=O)C1. The standard InChI is InChI=1S/C14H26N2O3S2/c1-14(2,11-20-3)13(17)15-7-4-6-12(10-15)16-8-5-9-21(16,18)19/h12H,4-11H2,1-3H3/t12-/m1/s1. The zero-order chi connectivity index (χ0) is 15.7. The van der Waals surface area contributed by atoms with Gasteiger partial charge in [0.2, 0.25) is 15.9 Å². The molecule has 21 heavy (non-hydrogen) atoms. The Bertz CT molecular complexity index is 490. The maximum absolute atomic E-state index is 12.7. The Morgan fingerprint density at radius 1 is 1.29 bits per heavy atom. The van der Waals surface area contributed by atoms with E-state index in [1.807, 2.05) is 25.0 Å². The summed E-state index contributed by atoms with van der Waals surface area (Å²) in [5.41, 5.74) is -0.384. The van der Waals surface area contributed by atoms with E-state index in [4.69, 9.17) is 0 Å². The Kier molecular flexibility index (Phi) is 5.26. The molecular formula is C14H26N2O3S2. The molecule has 2 saturated heterocycles. The van der Waals surface area contributed by atoms with Crippen LogP contribution in [-0.2, 0) is 14.8 Å². The summed E-state index contributed by atoms with van der Waals surface area (Å²) in [5.74, 6) is 1.20. The molecule has 2 rings (SSSR count). The first kappa shape index (κ1) is 17.1. The Labute approximate surface area is 132 Å². The molecule has 0 aromatic rings. The first-order valence-electron chi connectivity index (χ1n) is 7.56. The second-order valence-electron chi connectivity index (χ2n) is 6.64. The van der Waals surface area contributed by atoms with Crippen molar-refractivity contribution >= 4 is 27.7 Å². The van der Waals surface area contributed by atoms with Gasteiger partial charge in [0.05, 0.1) is 11.2 Å². The fourth-order valence-electron chi connectivity index (χ4n) is 3.29. The molecule has 0 aromatic heterocycles. The quantitative estimate of drug-likeness (QED) is 0.780. The third-order valence-corrected chi connectivity index (χ3v) is 7.32. The van der Waals surface area contributed by atoms with Gasteiger partial charge in [-0.3, -0.25) is 4.79 Å². The molecule has 122 valence electrons. The van der Waals surface area contributed by atoms with Crippen LogP contribution in [0.3, 0.4) is 0 Å². The van der Waals surface area contributed by atoms with Crippen LogP contribution in [0.25, 0.3) is 0 Å². The van der Waals surface area contributed by atoms with Gasteiger partial charge in [-0.25, -0.2) is 8.42 Å². The molecule has 0 aromatic carbocycles. The van der Waals surface area contributed by atoms with E-state index in [0.29, 0.717) is 19.5 Å². The number of carbonyl (C=O) groups excluding carboxylic acids is 1. The van der Waals surface area contributed by atoms with E-state index in [-0.39, 0.29) is 23.1 Å². The third kappa shape index (κ3) is 3.74. The van der Waals surface area contributed by atoms with Crippen molar-refractivity contribution in [1.82, 2.24) is 9.21 Å². The second kappa shape index (κ2) is 6.46. The van der Waals surface area contributed by atoms with Crippen LogP contribution in [0.2, 0.25) is 0 Å². The Morgan fingerprint density at radius 2 is 2.00 bits per heavy atom. The fraction of sp³-hybridized carbons (Fsp3) is 0.929. The monoisotopic (exact) mass is 334 g/mol. The van der Waals surface area contributed by atoms with Crippen molar-refractivity contribution in [2.75, 3.05) is 37.4 Å². The molecule has 0 bridgehead atoms. The molecule has 0 radical (unpaired) electrons. The lowest BCUT2D eigenvalue weighted by molar-refractivity contribution is -0.141. The molecule has 0 spiro atoms. The molecule has 1 amide bonds. The summed E-state index contributed by atoms with van der Waals surface area (Å²) >= 11 is 1.67. The van der Waals surface area contributed by atoms with Gasteiger partial charge >= 0.3 is 0 Å². The molecule has 2 heterocycles. The van der Waals surface area contributed by atoms with E-state index >= 15 is 0 Å². The first-order valence-corrected chi connectivity index (χ1v) is 10.6. The van der Waals surface area contributed by atoms with Gasteiger partial charge in [0.1, 0.15) is 0 Å². The maximum atomic E-state index is 12.7. The fourth-order valence-corrected chi connectivity index (χ4v) is 5.90. The third-order valence-electron chi connectivity index (χ3n) is 4.31. The molecule has 2 fully saturated rings. The molecule has 0 N–H and O–H groups in total. The molecule has 2 aliphatic rings. The number of likely N-dealkylation sites (tertiary alicyclic amines) is 1. The van der Waals surface area contributed by atoms with Crippen molar-refractivity contribution in [3.05, 3.63) is 0 Å². The number of nitrogens with zero attached hydrogens (tertiary/aromatic N) is 2. The van der Waals surface area contributed by atoms with E-state index in [1.165, 1.54) is 0 Å². The predicted molar refractivity (Wildman–Crippen MR) is 86.9 cm³/mol. The number of piperidine rings is 1. The summed E-state index contributed by atoms with van der Waals surface area (Å²) < 4.78 is 25.7. The number of hydrogen-bond acceptors (Lipinski definition) is 4. The zero-order valence-corrected chi connectivity index (χ0v) is 14.8. The van der Waals surface area contributed by atoms with Crippen molar-refractivity contribution in [2.24, 2.45) is 5.41 Å². The van der Waals surface area contributed by atoms with Gasteiger partial charge in [-0.1, -0.05) is 13.8 Å². The van der Waals surface area contributed by atoms with Gasteiger partial charge in [-0.05, 0) is 25.5 Å². The van der Waals surface area contributed by atoms with Crippen LogP contribution in [0.5, 0.6) is 0 Å². The van der Waals surface area contributed by atoms with E-state index in [9.17, 15) is 13.2 Å².